The van der Waals surface area contributed by atoms with Crippen molar-refractivity contribution in [2.24, 2.45) is 0 Å². The molecule has 0 aromatic heterocycles. The summed E-state index contributed by atoms with van der Waals surface area (Å²) in [6.07, 6.45) is 8.43. The Morgan fingerprint density at radius 2 is 1.70 bits per heavy atom. The zero-order valence-corrected chi connectivity index (χ0v) is 20.0. The number of hydrogen-bond acceptors (Lipinski definition) is 4. The van der Waals surface area contributed by atoms with Crippen LogP contribution in [0.15, 0.2) is 47.4 Å². The van der Waals surface area contributed by atoms with Crippen molar-refractivity contribution in [3.8, 4) is 0 Å². The van der Waals surface area contributed by atoms with Crippen molar-refractivity contribution < 1.29 is 17.6 Å². The van der Waals surface area contributed by atoms with Gasteiger partial charge in [-0.1, -0.05) is 37.3 Å². The number of likely N-dealkylation sites (tertiary alicyclic amines) is 1. The number of carbonyl (C=O) groups is 1. The number of carbonyl (C=O) groups excluding carboxylic acids is 1. The molecule has 1 heterocycles. The van der Waals surface area contributed by atoms with Crippen LogP contribution in [0, 0.1) is 5.82 Å². The molecule has 0 spiro atoms. The van der Waals surface area contributed by atoms with Crippen LogP contribution in [0.3, 0.4) is 0 Å². The Balaban J connectivity index is 1.43. The van der Waals surface area contributed by atoms with Crippen LogP contribution in [-0.4, -0.2) is 44.4 Å². The van der Waals surface area contributed by atoms with Gasteiger partial charge in [0.2, 0.25) is 0 Å². The van der Waals surface area contributed by atoms with Crippen molar-refractivity contribution in [1.82, 2.24) is 10.2 Å². The van der Waals surface area contributed by atoms with Gasteiger partial charge in [-0.2, -0.15) is 0 Å². The molecule has 178 valence electrons. The summed E-state index contributed by atoms with van der Waals surface area (Å²) in [4.78, 5) is 15.4. The Bertz CT molecular complexity index is 1090. The van der Waals surface area contributed by atoms with Gasteiger partial charge in [0, 0.05) is 30.9 Å². The molecule has 1 atom stereocenters. The molecule has 1 aliphatic heterocycles. The summed E-state index contributed by atoms with van der Waals surface area (Å²) in [5.41, 5.74) is 0.341. The van der Waals surface area contributed by atoms with Crippen molar-refractivity contribution in [3.63, 3.8) is 0 Å². The second-order valence-corrected chi connectivity index (χ2v) is 10.9. The predicted molar refractivity (Wildman–Crippen MR) is 128 cm³/mol. The highest BCUT2D eigenvalue weighted by atomic mass is 35.5. The van der Waals surface area contributed by atoms with Crippen molar-refractivity contribution in [1.29, 1.82) is 0 Å². The lowest BCUT2D eigenvalue weighted by Crippen LogP contribution is -2.40. The van der Waals surface area contributed by atoms with Gasteiger partial charge in [-0.05, 0) is 61.7 Å². The first-order chi connectivity index (χ1) is 15.8. The number of halogens is 2. The van der Waals surface area contributed by atoms with E-state index in [1.165, 1.54) is 81.0 Å². The molecule has 6 nitrogen and oxygen atoms in total. The Morgan fingerprint density at radius 3 is 2.39 bits per heavy atom. The van der Waals surface area contributed by atoms with Crippen molar-refractivity contribution >= 4 is 33.2 Å². The Morgan fingerprint density at radius 1 is 1.00 bits per heavy atom. The highest BCUT2D eigenvalue weighted by Crippen LogP contribution is 2.26. The maximum absolute atomic E-state index is 13.1. The van der Waals surface area contributed by atoms with Crippen LogP contribution in [0.4, 0.5) is 10.1 Å². The van der Waals surface area contributed by atoms with E-state index >= 15 is 0 Å². The lowest BCUT2D eigenvalue weighted by Gasteiger charge is -2.26. The van der Waals surface area contributed by atoms with Crippen LogP contribution in [0.25, 0.3) is 0 Å². The van der Waals surface area contributed by atoms with Crippen molar-refractivity contribution in [2.75, 3.05) is 17.8 Å². The van der Waals surface area contributed by atoms with E-state index in [0.717, 1.165) is 19.5 Å². The highest BCUT2D eigenvalue weighted by Gasteiger charge is 2.30. The number of rotatable bonds is 6. The Labute approximate surface area is 199 Å². The zero-order chi connectivity index (χ0) is 23.4. The molecule has 1 aliphatic carbocycles. The van der Waals surface area contributed by atoms with E-state index in [-0.39, 0.29) is 33.1 Å². The molecule has 33 heavy (non-hydrogen) atoms. The molecule has 2 aromatic rings. The average molecular weight is 494 g/mol. The molecule has 2 aliphatic rings. The number of amides is 1. The molecule has 2 N–H and O–H groups in total. The average Bonchev–Trinajstić information content (AvgIpc) is 3.07. The monoisotopic (exact) mass is 493 g/mol. The van der Waals surface area contributed by atoms with Gasteiger partial charge in [0.1, 0.15) is 5.82 Å². The molecule has 2 aromatic carbocycles. The summed E-state index contributed by atoms with van der Waals surface area (Å²) in [6.45, 7) is 1.76. The topological polar surface area (TPSA) is 78.5 Å². The molecule has 1 saturated heterocycles. The van der Waals surface area contributed by atoms with E-state index in [1.54, 1.807) is 0 Å². The summed E-state index contributed by atoms with van der Waals surface area (Å²) in [5, 5.41) is 3.22. The number of hydrogen-bond donors (Lipinski definition) is 2. The first kappa shape index (κ1) is 24.0. The smallest absolute Gasteiger partial charge is 0.261 e. The summed E-state index contributed by atoms with van der Waals surface area (Å²) < 4.78 is 41.1. The summed E-state index contributed by atoms with van der Waals surface area (Å²) in [5.74, 6) is -0.848. The second kappa shape index (κ2) is 10.4. The fraction of sp³-hybridized carbons (Fsp3) is 0.458. The van der Waals surface area contributed by atoms with E-state index in [0.29, 0.717) is 6.04 Å². The fourth-order valence-corrected chi connectivity index (χ4v) is 5.99. The van der Waals surface area contributed by atoms with Gasteiger partial charge < -0.3 is 5.32 Å². The minimum Gasteiger partial charge on any atom is -0.348 e. The summed E-state index contributed by atoms with van der Waals surface area (Å²) in [6, 6.07) is 9.61. The zero-order valence-electron chi connectivity index (χ0n) is 18.4. The number of sulfonamides is 1. The first-order valence-corrected chi connectivity index (χ1v) is 13.3. The second-order valence-electron chi connectivity index (χ2n) is 8.85. The Hall–Kier alpha value is -2.16. The maximum Gasteiger partial charge on any atom is 0.261 e. The van der Waals surface area contributed by atoms with E-state index in [2.05, 4.69) is 14.9 Å². The summed E-state index contributed by atoms with van der Waals surface area (Å²) >= 11 is 6.24. The van der Waals surface area contributed by atoms with E-state index in [4.69, 9.17) is 11.6 Å². The molecular weight excluding hydrogens is 465 g/mol. The summed E-state index contributed by atoms with van der Waals surface area (Å²) in [7, 11) is -3.97. The minimum atomic E-state index is -3.97. The van der Waals surface area contributed by atoms with Crippen LogP contribution in [-0.2, 0) is 10.0 Å². The SMILES string of the molecule is O=C(NC1CCN(C2CCCCCC2)C1)c1cc(S(=O)(=O)Nc2ccc(F)cc2)ccc1Cl. The lowest BCUT2D eigenvalue weighted by molar-refractivity contribution is 0.0935. The lowest BCUT2D eigenvalue weighted by atomic mass is 10.1. The standard InChI is InChI=1S/C24H29ClFN3O3S/c25-23-12-11-21(33(31,32)28-18-9-7-17(26)8-10-18)15-22(23)24(30)27-19-13-14-29(16-19)20-5-3-1-2-4-6-20/h7-12,15,19-20,28H,1-6,13-14,16H2,(H,27,30). The molecule has 4 rings (SSSR count). The highest BCUT2D eigenvalue weighted by molar-refractivity contribution is 7.92. The van der Waals surface area contributed by atoms with E-state index in [1.807, 2.05) is 0 Å². The third-order valence-corrected chi connectivity index (χ3v) is 8.19. The molecule has 0 bridgehead atoms. The van der Waals surface area contributed by atoms with Gasteiger partial charge in [-0.3, -0.25) is 14.4 Å². The minimum absolute atomic E-state index is 0.00873. The number of nitrogens with zero attached hydrogens (tertiary/aromatic N) is 1. The molecule has 1 amide bonds. The largest absolute Gasteiger partial charge is 0.348 e. The molecule has 1 saturated carbocycles. The van der Waals surface area contributed by atoms with Crippen LogP contribution in [0.1, 0.15) is 55.3 Å². The van der Waals surface area contributed by atoms with Gasteiger partial charge in [0.05, 0.1) is 15.5 Å². The normalized spacial score (nSPS) is 20.4. The molecule has 2 fully saturated rings. The Kier molecular flexibility index (Phi) is 7.56. The van der Waals surface area contributed by atoms with Crippen LogP contribution >= 0.6 is 11.6 Å². The molecule has 9 heteroatoms. The van der Waals surface area contributed by atoms with Gasteiger partial charge in [-0.15, -0.1) is 0 Å². The van der Waals surface area contributed by atoms with Crippen molar-refractivity contribution in [2.45, 2.75) is 61.9 Å². The molecular formula is C24H29ClFN3O3S. The van der Waals surface area contributed by atoms with Gasteiger partial charge in [-0.25, -0.2) is 12.8 Å². The maximum atomic E-state index is 13.1. The number of anilines is 1. The van der Waals surface area contributed by atoms with E-state index < -0.39 is 15.8 Å². The van der Waals surface area contributed by atoms with Gasteiger partial charge >= 0.3 is 0 Å². The van der Waals surface area contributed by atoms with Crippen molar-refractivity contribution in [3.05, 3.63) is 58.9 Å². The molecule has 1 unspecified atom stereocenters. The van der Waals surface area contributed by atoms with Crippen LogP contribution in [0.5, 0.6) is 0 Å². The van der Waals surface area contributed by atoms with E-state index in [9.17, 15) is 17.6 Å². The third kappa shape index (κ3) is 6.05. The van der Waals surface area contributed by atoms with Crippen LogP contribution < -0.4 is 10.0 Å². The predicted octanol–water partition coefficient (Wildman–Crippen LogP) is 4.81. The number of nitrogens with one attached hydrogen (secondary N) is 2. The van der Waals surface area contributed by atoms with Gasteiger partial charge in [0.15, 0.2) is 0 Å². The third-order valence-electron chi connectivity index (χ3n) is 6.49. The first-order valence-electron chi connectivity index (χ1n) is 11.4. The van der Waals surface area contributed by atoms with Crippen LogP contribution in [0.2, 0.25) is 5.02 Å². The number of benzene rings is 2. The molecule has 0 radical (unpaired) electrons. The quantitative estimate of drug-likeness (QED) is 0.566. The fourth-order valence-electron chi connectivity index (χ4n) is 4.70. The van der Waals surface area contributed by atoms with Gasteiger partial charge in [0.25, 0.3) is 15.9 Å².